The molecule has 1 aliphatic rings. The average molecular weight is 470 g/mol. The molecule has 2 aromatic carbocycles. The van der Waals surface area contributed by atoms with Crippen molar-refractivity contribution in [1.82, 2.24) is 15.5 Å². The van der Waals surface area contributed by atoms with Gasteiger partial charge in [0.15, 0.2) is 0 Å². The van der Waals surface area contributed by atoms with Crippen LogP contribution in [0.4, 0.5) is 9.18 Å². The molecule has 1 fully saturated rings. The topological polar surface area (TPSA) is 87.7 Å². The quantitative estimate of drug-likeness (QED) is 0.620. The molecule has 3 rings (SSSR count). The van der Waals surface area contributed by atoms with Crippen molar-refractivity contribution in [2.75, 3.05) is 13.1 Å². The number of halogens is 1. The molecule has 3 amide bonds. The summed E-state index contributed by atoms with van der Waals surface area (Å²) in [6.07, 6.45) is -0.540. The Balaban J connectivity index is 1.53. The lowest BCUT2D eigenvalue weighted by atomic mass is 9.96. The molecular formula is C26H32FN3O4. The van der Waals surface area contributed by atoms with Gasteiger partial charge >= 0.3 is 6.09 Å². The monoisotopic (exact) mass is 469 g/mol. The van der Waals surface area contributed by atoms with E-state index >= 15 is 0 Å². The molecule has 0 radical (unpaired) electrons. The summed E-state index contributed by atoms with van der Waals surface area (Å²) in [5.74, 6) is -0.964. The van der Waals surface area contributed by atoms with Gasteiger partial charge in [-0.25, -0.2) is 9.18 Å². The molecule has 0 spiro atoms. The SMILES string of the molecule is CC(C)(C)OC(=O)N[C@@H](CC(=O)N1CC(C(=O)NCc2ccccc2)C1)Cc1ccccc1F. The van der Waals surface area contributed by atoms with E-state index in [0.717, 1.165) is 5.56 Å². The summed E-state index contributed by atoms with van der Waals surface area (Å²) in [4.78, 5) is 39.1. The van der Waals surface area contributed by atoms with Gasteiger partial charge in [-0.1, -0.05) is 48.5 Å². The molecule has 0 bridgehead atoms. The summed E-state index contributed by atoms with van der Waals surface area (Å²) in [7, 11) is 0. The van der Waals surface area contributed by atoms with Gasteiger partial charge in [0, 0.05) is 32.1 Å². The zero-order chi connectivity index (χ0) is 24.7. The lowest BCUT2D eigenvalue weighted by Crippen LogP contribution is -2.56. The molecular weight excluding hydrogens is 437 g/mol. The fourth-order valence-electron chi connectivity index (χ4n) is 3.70. The molecule has 1 heterocycles. The molecule has 1 saturated heterocycles. The van der Waals surface area contributed by atoms with E-state index in [9.17, 15) is 18.8 Å². The first-order chi connectivity index (χ1) is 16.1. The summed E-state index contributed by atoms with van der Waals surface area (Å²) in [6.45, 7) is 6.30. The number of carbonyl (C=O) groups is 3. The van der Waals surface area contributed by atoms with Gasteiger partial charge < -0.3 is 20.3 Å². The van der Waals surface area contributed by atoms with Crippen molar-refractivity contribution < 1.29 is 23.5 Å². The summed E-state index contributed by atoms with van der Waals surface area (Å²) in [6, 6.07) is 15.2. The third-order valence-corrected chi connectivity index (χ3v) is 5.48. The zero-order valence-electron chi connectivity index (χ0n) is 19.8. The van der Waals surface area contributed by atoms with Crippen molar-refractivity contribution in [1.29, 1.82) is 0 Å². The standard InChI is InChI=1S/C26H32FN3O4/c1-26(2,3)34-25(33)29-21(13-19-11-7-8-12-22(19)27)14-23(31)30-16-20(17-30)24(32)28-15-18-9-5-4-6-10-18/h4-12,20-21H,13-17H2,1-3H3,(H,28,32)(H,29,33)/t21-/m1/s1. The summed E-state index contributed by atoms with van der Waals surface area (Å²) >= 11 is 0. The number of alkyl carbamates (subject to hydrolysis) is 1. The van der Waals surface area contributed by atoms with Crippen molar-refractivity contribution >= 4 is 17.9 Å². The highest BCUT2D eigenvalue weighted by atomic mass is 19.1. The number of likely N-dealkylation sites (tertiary alicyclic amines) is 1. The van der Waals surface area contributed by atoms with Gasteiger partial charge in [-0.15, -0.1) is 0 Å². The average Bonchev–Trinajstić information content (AvgIpc) is 2.72. The summed E-state index contributed by atoms with van der Waals surface area (Å²) in [5.41, 5.74) is 0.708. The van der Waals surface area contributed by atoms with Crippen LogP contribution in [0.1, 0.15) is 38.3 Å². The number of carbonyl (C=O) groups excluding carboxylic acids is 3. The van der Waals surface area contributed by atoms with Crippen LogP contribution in [-0.2, 0) is 27.3 Å². The second-order valence-electron chi connectivity index (χ2n) is 9.54. The van der Waals surface area contributed by atoms with E-state index < -0.39 is 23.6 Å². The van der Waals surface area contributed by atoms with E-state index in [1.54, 1.807) is 43.9 Å². The Morgan fingerprint density at radius 3 is 2.35 bits per heavy atom. The maximum absolute atomic E-state index is 14.2. The first kappa shape index (κ1) is 25.2. The van der Waals surface area contributed by atoms with Gasteiger partial charge in [0.25, 0.3) is 0 Å². The van der Waals surface area contributed by atoms with Crippen LogP contribution >= 0.6 is 0 Å². The van der Waals surface area contributed by atoms with Crippen molar-refractivity contribution in [2.24, 2.45) is 5.92 Å². The van der Waals surface area contributed by atoms with Crippen LogP contribution in [0, 0.1) is 11.7 Å². The number of ether oxygens (including phenoxy) is 1. The minimum atomic E-state index is -0.700. The van der Waals surface area contributed by atoms with Gasteiger partial charge in [-0.2, -0.15) is 0 Å². The fraction of sp³-hybridized carbons (Fsp3) is 0.423. The number of benzene rings is 2. The van der Waals surface area contributed by atoms with Gasteiger partial charge in [-0.3, -0.25) is 9.59 Å². The molecule has 34 heavy (non-hydrogen) atoms. The largest absolute Gasteiger partial charge is 0.444 e. The van der Waals surface area contributed by atoms with Crippen LogP contribution in [0.5, 0.6) is 0 Å². The Labute approximate surface area is 199 Å². The van der Waals surface area contributed by atoms with E-state index in [1.807, 2.05) is 30.3 Å². The second-order valence-corrected chi connectivity index (χ2v) is 9.54. The lowest BCUT2D eigenvalue weighted by molar-refractivity contribution is -0.143. The minimum absolute atomic E-state index is 0.0219. The van der Waals surface area contributed by atoms with E-state index in [2.05, 4.69) is 10.6 Å². The summed E-state index contributed by atoms with van der Waals surface area (Å²) < 4.78 is 19.5. The lowest BCUT2D eigenvalue weighted by Gasteiger charge is -2.39. The van der Waals surface area contributed by atoms with Gasteiger partial charge in [0.1, 0.15) is 11.4 Å². The van der Waals surface area contributed by atoms with E-state index in [0.29, 0.717) is 25.2 Å². The van der Waals surface area contributed by atoms with Crippen LogP contribution in [0.3, 0.4) is 0 Å². The molecule has 0 unspecified atom stereocenters. The molecule has 8 heteroatoms. The number of hydrogen-bond donors (Lipinski definition) is 2. The molecule has 0 aliphatic carbocycles. The number of rotatable bonds is 8. The molecule has 7 nitrogen and oxygen atoms in total. The molecule has 2 N–H and O–H groups in total. The van der Waals surface area contributed by atoms with Gasteiger partial charge in [0.05, 0.1) is 5.92 Å². The first-order valence-electron chi connectivity index (χ1n) is 11.4. The van der Waals surface area contributed by atoms with Crippen LogP contribution in [0.25, 0.3) is 0 Å². The summed E-state index contributed by atoms with van der Waals surface area (Å²) in [5, 5.41) is 5.60. The third kappa shape index (κ3) is 7.57. The van der Waals surface area contributed by atoms with Gasteiger partial charge in [-0.05, 0) is 44.4 Å². The Kier molecular flexibility index (Phi) is 8.26. The zero-order valence-corrected chi connectivity index (χ0v) is 19.8. The van der Waals surface area contributed by atoms with Crippen LogP contribution in [-0.4, -0.2) is 47.5 Å². The van der Waals surface area contributed by atoms with E-state index in [-0.39, 0.29) is 30.6 Å². The predicted octanol–water partition coefficient (Wildman–Crippen LogP) is 3.43. The number of nitrogens with one attached hydrogen (secondary N) is 2. The Morgan fingerprint density at radius 1 is 1.06 bits per heavy atom. The maximum Gasteiger partial charge on any atom is 0.407 e. The van der Waals surface area contributed by atoms with Crippen LogP contribution < -0.4 is 10.6 Å². The third-order valence-electron chi connectivity index (χ3n) is 5.48. The van der Waals surface area contributed by atoms with Crippen molar-refractivity contribution in [3.05, 3.63) is 71.5 Å². The van der Waals surface area contributed by atoms with Crippen molar-refractivity contribution in [2.45, 2.75) is 51.8 Å². The molecule has 1 aliphatic heterocycles. The second kappa shape index (κ2) is 11.1. The number of amides is 3. The smallest absolute Gasteiger partial charge is 0.407 e. The van der Waals surface area contributed by atoms with E-state index in [1.165, 1.54) is 6.07 Å². The molecule has 0 aromatic heterocycles. The molecule has 0 saturated carbocycles. The fourth-order valence-corrected chi connectivity index (χ4v) is 3.70. The Hall–Kier alpha value is -3.42. The molecule has 1 atom stereocenters. The highest BCUT2D eigenvalue weighted by Crippen LogP contribution is 2.19. The minimum Gasteiger partial charge on any atom is -0.444 e. The first-order valence-corrected chi connectivity index (χ1v) is 11.4. The predicted molar refractivity (Wildman–Crippen MR) is 126 cm³/mol. The van der Waals surface area contributed by atoms with E-state index in [4.69, 9.17) is 4.74 Å². The molecule has 2 aromatic rings. The van der Waals surface area contributed by atoms with Crippen molar-refractivity contribution in [3.63, 3.8) is 0 Å². The Bertz CT molecular complexity index is 1000. The number of nitrogens with zero attached hydrogens (tertiary/aromatic N) is 1. The van der Waals surface area contributed by atoms with Crippen molar-refractivity contribution in [3.8, 4) is 0 Å². The van der Waals surface area contributed by atoms with Crippen LogP contribution in [0.2, 0.25) is 0 Å². The van der Waals surface area contributed by atoms with Gasteiger partial charge in [0.2, 0.25) is 11.8 Å². The number of hydrogen-bond acceptors (Lipinski definition) is 4. The Morgan fingerprint density at radius 2 is 1.71 bits per heavy atom. The maximum atomic E-state index is 14.2. The molecule has 182 valence electrons. The normalized spacial score (nSPS) is 14.6. The van der Waals surface area contributed by atoms with Crippen LogP contribution in [0.15, 0.2) is 54.6 Å². The highest BCUT2D eigenvalue weighted by molar-refractivity contribution is 5.85. The highest BCUT2D eigenvalue weighted by Gasteiger charge is 2.36.